The van der Waals surface area contributed by atoms with Crippen molar-refractivity contribution < 1.29 is 19.0 Å². The van der Waals surface area contributed by atoms with Crippen LogP contribution in [0.3, 0.4) is 0 Å². The van der Waals surface area contributed by atoms with Crippen LogP contribution in [0.5, 0.6) is 11.5 Å². The number of aromatic nitrogens is 2. The zero-order valence-electron chi connectivity index (χ0n) is 19.6. The zero-order valence-corrected chi connectivity index (χ0v) is 19.6. The van der Waals surface area contributed by atoms with E-state index in [1.807, 2.05) is 45.2 Å². The fourth-order valence-electron chi connectivity index (χ4n) is 3.26. The van der Waals surface area contributed by atoms with Crippen molar-refractivity contribution in [2.24, 2.45) is 7.05 Å². The fourth-order valence-corrected chi connectivity index (χ4v) is 3.26. The molecule has 0 radical (unpaired) electrons. The minimum atomic E-state index is -0.216. The first-order chi connectivity index (χ1) is 16.0. The third-order valence-electron chi connectivity index (χ3n) is 4.93. The van der Waals surface area contributed by atoms with Gasteiger partial charge in [-0.2, -0.15) is 5.10 Å². The Bertz CT molecular complexity index is 1050. The molecule has 0 saturated carbocycles. The molecule has 1 aromatic heterocycles. The van der Waals surface area contributed by atoms with Crippen LogP contribution in [0.15, 0.2) is 54.7 Å². The van der Waals surface area contributed by atoms with Crippen LogP contribution in [0, 0.1) is 0 Å². The Labute approximate surface area is 194 Å². The first-order valence-electron chi connectivity index (χ1n) is 11.0. The number of methoxy groups -OCH3 is 1. The molecule has 0 bridgehead atoms. The summed E-state index contributed by atoms with van der Waals surface area (Å²) >= 11 is 0. The second kappa shape index (κ2) is 12.0. The average molecular weight is 453 g/mol. The lowest BCUT2D eigenvalue weighted by Gasteiger charge is -2.15. The summed E-state index contributed by atoms with van der Waals surface area (Å²) in [5, 5.41) is 10.5. The first kappa shape index (κ1) is 24.3. The monoisotopic (exact) mass is 452 g/mol. The van der Waals surface area contributed by atoms with E-state index in [4.69, 9.17) is 14.2 Å². The molecule has 0 aliphatic carbocycles. The molecule has 8 nitrogen and oxygen atoms in total. The highest BCUT2D eigenvalue weighted by Gasteiger charge is 2.14. The number of nitrogens with zero attached hydrogens (tertiary/aromatic N) is 2. The number of benzene rings is 2. The maximum atomic E-state index is 12.7. The lowest BCUT2D eigenvalue weighted by molar-refractivity contribution is 0.0804. The number of amides is 1. The van der Waals surface area contributed by atoms with Gasteiger partial charge < -0.3 is 24.8 Å². The molecule has 3 rings (SSSR count). The molecule has 0 atom stereocenters. The lowest BCUT2D eigenvalue weighted by Crippen LogP contribution is -2.26. The van der Waals surface area contributed by atoms with Crippen molar-refractivity contribution in [1.29, 1.82) is 0 Å². The van der Waals surface area contributed by atoms with E-state index in [-0.39, 0.29) is 12.0 Å². The normalized spacial score (nSPS) is 10.9. The van der Waals surface area contributed by atoms with E-state index in [0.29, 0.717) is 36.8 Å². The van der Waals surface area contributed by atoms with E-state index in [2.05, 4.69) is 15.7 Å². The summed E-state index contributed by atoms with van der Waals surface area (Å²) in [5.41, 5.74) is 2.92. The van der Waals surface area contributed by atoms with Crippen molar-refractivity contribution in [2.75, 3.05) is 38.7 Å². The van der Waals surface area contributed by atoms with E-state index in [1.54, 1.807) is 42.3 Å². The standard InChI is InChI=1S/C25H32N4O4/c1-18(2)32-14-12-26-13-15-33-24-9-8-20(17-22(24)23-10-11-27-29(23)3)28-25(30)19-6-5-7-21(16-19)31-4/h5-11,16-18,26H,12-15H2,1-4H3,(H,28,30). The zero-order chi connectivity index (χ0) is 23.6. The Hall–Kier alpha value is -3.36. The van der Waals surface area contributed by atoms with Gasteiger partial charge in [0, 0.05) is 43.1 Å². The van der Waals surface area contributed by atoms with Gasteiger partial charge in [-0.1, -0.05) is 6.07 Å². The number of nitrogens with one attached hydrogen (secondary N) is 2. The molecule has 0 unspecified atom stereocenters. The number of ether oxygens (including phenoxy) is 3. The van der Waals surface area contributed by atoms with Gasteiger partial charge in [0.2, 0.25) is 0 Å². The summed E-state index contributed by atoms with van der Waals surface area (Å²) in [6, 6.07) is 14.5. The average Bonchev–Trinajstić information content (AvgIpc) is 3.24. The largest absolute Gasteiger partial charge is 0.497 e. The van der Waals surface area contributed by atoms with Gasteiger partial charge in [0.15, 0.2) is 0 Å². The van der Waals surface area contributed by atoms with Gasteiger partial charge in [0.05, 0.1) is 25.5 Å². The second-order valence-corrected chi connectivity index (χ2v) is 7.76. The molecule has 3 aromatic rings. The molecule has 33 heavy (non-hydrogen) atoms. The highest BCUT2D eigenvalue weighted by molar-refractivity contribution is 6.04. The van der Waals surface area contributed by atoms with Crippen LogP contribution < -0.4 is 20.1 Å². The number of carbonyl (C=O) groups is 1. The Balaban J connectivity index is 1.69. The van der Waals surface area contributed by atoms with Crippen molar-refractivity contribution in [3.05, 3.63) is 60.3 Å². The number of anilines is 1. The highest BCUT2D eigenvalue weighted by Crippen LogP contribution is 2.32. The Kier molecular flexibility index (Phi) is 8.86. The second-order valence-electron chi connectivity index (χ2n) is 7.76. The number of hydrogen-bond donors (Lipinski definition) is 2. The lowest BCUT2D eigenvalue weighted by atomic mass is 10.1. The summed E-state index contributed by atoms with van der Waals surface area (Å²) < 4.78 is 18.6. The maximum absolute atomic E-state index is 12.7. The summed E-state index contributed by atoms with van der Waals surface area (Å²) in [5.74, 6) is 1.14. The van der Waals surface area contributed by atoms with Gasteiger partial charge in [0.1, 0.15) is 18.1 Å². The van der Waals surface area contributed by atoms with Crippen LogP contribution in [0.1, 0.15) is 24.2 Å². The fraction of sp³-hybridized carbons (Fsp3) is 0.360. The molecule has 8 heteroatoms. The van der Waals surface area contributed by atoms with Crippen molar-refractivity contribution in [1.82, 2.24) is 15.1 Å². The minimum Gasteiger partial charge on any atom is -0.497 e. The van der Waals surface area contributed by atoms with Gasteiger partial charge in [0.25, 0.3) is 5.91 Å². The van der Waals surface area contributed by atoms with Crippen LogP contribution in [0.4, 0.5) is 5.69 Å². The van der Waals surface area contributed by atoms with Crippen LogP contribution in [-0.4, -0.2) is 55.2 Å². The molecule has 0 aliphatic rings. The van der Waals surface area contributed by atoms with Crippen LogP contribution in [0.2, 0.25) is 0 Å². The summed E-state index contributed by atoms with van der Waals surface area (Å²) in [7, 11) is 3.45. The molecular formula is C25H32N4O4. The molecule has 2 aromatic carbocycles. The predicted octanol–water partition coefficient (Wildman–Crippen LogP) is 3.74. The summed E-state index contributed by atoms with van der Waals surface area (Å²) in [6.45, 7) is 6.67. The minimum absolute atomic E-state index is 0.216. The number of rotatable bonds is 12. The molecule has 2 N–H and O–H groups in total. The van der Waals surface area contributed by atoms with Crippen molar-refractivity contribution in [2.45, 2.75) is 20.0 Å². The highest BCUT2D eigenvalue weighted by atomic mass is 16.5. The molecule has 0 spiro atoms. The third kappa shape index (κ3) is 7.06. The molecular weight excluding hydrogens is 420 g/mol. The van der Waals surface area contributed by atoms with Crippen molar-refractivity contribution in [3.63, 3.8) is 0 Å². The van der Waals surface area contributed by atoms with Crippen LogP contribution in [0.25, 0.3) is 11.3 Å². The van der Waals surface area contributed by atoms with Crippen LogP contribution in [-0.2, 0) is 11.8 Å². The third-order valence-corrected chi connectivity index (χ3v) is 4.93. The summed E-state index contributed by atoms with van der Waals surface area (Å²) in [4.78, 5) is 12.7. The van der Waals surface area contributed by atoms with Gasteiger partial charge in [-0.15, -0.1) is 0 Å². The quantitative estimate of drug-likeness (QED) is 0.407. The molecule has 176 valence electrons. The Morgan fingerprint density at radius 3 is 2.64 bits per heavy atom. The maximum Gasteiger partial charge on any atom is 0.255 e. The van der Waals surface area contributed by atoms with E-state index in [1.165, 1.54) is 0 Å². The number of hydrogen-bond acceptors (Lipinski definition) is 6. The molecule has 0 saturated heterocycles. The predicted molar refractivity (Wildman–Crippen MR) is 129 cm³/mol. The summed E-state index contributed by atoms with van der Waals surface area (Å²) in [6.07, 6.45) is 1.96. The van der Waals surface area contributed by atoms with Gasteiger partial charge in [-0.3, -0.25) is 9.48 Å². The number of carbonyl (C=O) groups excluding carboxylic acids is 1. The van der Waals surface area contributed by atoms with Crippen LogP contribution >= 0.6 is 0 Å². The van der Waals surface area contributed by atoms with E-state index < -0.39 is 0 Å². The van der Waals surface area contributed by atoms with E-state index in [9.17, 15) is 4.79 Å². The van der Waals surface area contributed by atoms with Crippen molar-refractivity contribution in [3.8, 4) is 22.8 Å². The first-order valence-corrected chi connectivity index (χ1v) is 11.0. The number of aryl methyl sites for hydroxylation is 1. The topological polar surface area (TPSA) is 86.6 Å². The van der Waals surface area contributed by atoms with E-state index >= 15 is 0 Å². The van der Waals surface area contributed by atoms with Gasteiger partial charge >= 0.3 is 0 Å². The Morgan fingerprint density at radius 1 is 1.09 bits per heavy atom. The van der Waals surface area contributed by atoms with E-state index in [0.717, 1.165) is 23.6 Å². The molecule has 0 fully saturated rings. The molecule has 0 aliphatic heterocycles. The van der Waals surface area contributed by atoms with Crippen molar-refractivity contribution >= 4 is 11.6 Å². The molecule has 1 heterocycles. The smallest absolute Gasteiger partial charge is 0.255 e. The van der Waals surface area contributed by atoms with Gasteiger partial charge in [-0.25, -0.2) is 0 Å². The Morgan fingerprint density at radius 2 is 1.91 bits per heavy atom. The SMILES string of the molecule is COc1cccc(C(=O)Nc2ccc(OCCNCCOC(C)C)c(-c3ccnn3C)c2)c1. The van der Waals surface area contributed by atoms with Gasteiger partial charge in [-0.05, 0) is 56.3 Å². The molecule has 1 amide bonds.